The average molecular weight is 281 g/mol. The van der Waals surface area contributed by atoms with Crippen LogP contribution in [-0.4, -0.2) is 46.3 Å². The van der Waals surface area contributed by atoms with E-state index in [0.717, 1.165) is 6.54 Å². The van der Waals surface area contributed by atoms with Crippen molar-refractivity contribution in [2.45, 2.75) is 26.0 Å². The van der Waals surface area contributed by atoms with Crippen LogP contribution in [0.3, 0.4) is 0 Å². The lowest BCUT2D eigenvalue weighted by Crippen LogP contribution is -2.24. The third-order valence-electron chi connectivity index (χ3n) is 4.13. The summed E-state index contributed by atoms with van der Waals surface area (Å²) in [6.07, 6.45) is 2.33. The summed E-state index contributed by atoms with van der Waals surface area (Å²) in [5.41, 5.74) is 0. The number of hydrogen-bond donors (Lipinski definition) is 1. The SMILES string of the molecule is COCc1noc(CN2C[C@H](C(=O)O)[C@@H](C3CC3)C2)n1. The molecule has 7 heteroatoms. The zero-order valence-corrected chi connectivity index (χ0v) is 11.5. The highest BCUT2D eigenvalue weighted by molar-refractivity contribution is 5.71. The monoisotopic (exact) mass is 281 g/mol. The summed E-state index contributed by atoms with van der Waals surface area (Å²) in [5, 5.41) is 13.1. The van der Waals surface area contributed by atoms with Gasteiger partial charge in [-0.05, 0) is 24.7 Å². The number of rotatable bonds is 6. The Bertz CT molecular complexity index is 486. The van der Waals surface area contributed by atoms with Crippen molar-refractivity contribution in [1.29, 1.82) is 0 Å². The molecule has 20 heavy (non-hydrogen) atoms. The second-order valence-corrected chi connectivity index (χ2v) is 5.68. The highest BCUT2D eigenvalue weighted by atomic mass is 16.5. The Morgan fingerprint density at radius 3 is 2.95 bits per heavy atom. The number of carbonyl (C=O) groups is 1. The molecule has 1 aliphatic heterocycles. The van der Waals surface area contributed by atoms with E-state index in [1.54, 1.807) is 7.11 Å². The first-order chi connectivity index (χ1) is 9.67. The highest BCUT2D eigenvalue weighted by Crippen LogP contribution is 2.44. The normalized spacial score (nSPS) is 27.1. The van der Waals surface area contributed by atoms with Gasteiger partial charge in [0.1, 0.15) is 6.61 Å². The molecule has 0 spiro atoms. The zero-order chi connectivity index (χ0) is 14.1. The van der Waals surface area contributed by atoms with Gasteiger partial charge in [-0.15, -0.1) is 0 Å². The van der Waals surface area contributed by atoms with Crippen LogP contribution in [0.1, 0.15) is 24.6 Å². The van der Waals surface area contributed by atoms with Gasteiger partial charge in [-0.3, -0.25) is 9.69 Å². The number of aromatic nitrogens is 2. The van der Waals surface area contributed by atoms with Crippen molar-refractivity contribution in [2.75, 3.05) is 20.2 Å². The number of nitrogens with zero attached hydrogens (tertiary/aromatic N) is 3. The Morgan fingerprint density at radius 2 is 2.30 bits per heavy atom. The van der Waals surface area contributed by atoms with Crippen molar-refractivity contribution in [1.82, 2.24) is 15.0 Å². The molecule has 1 saturated carbocycles. The minimum Gasteiger partial charge on any atom is -0.481 e. The Labute approximate surface area is 116 Å². The van der Waals surface area contributed by atoms with E-state index < -0.39 is 5.97 Å². The molecule has 0 unspecified atom stereocenters. The second kappa shape index (κ2) is 5.49. The Hall–Kier alpha value is -1.47. The molecule has 3 rings (SSSR count). The highest BCUT2D eigenvalue weighted by Gasteiger charge is 2.45. The summed E-state index contributed by atoms with van der Waals surface area (Å²) >= 11 is 0. The quantitative estimate of drug-likeness (QED) is 0.823. The maximum absolute atomic E-state index is 11.3. The molecule has 1 aromatic heterocycles. The molecule has 7 nitrogen and oxygen atoms in total. The van der Waals surface area contributed by atoms with Crippen LogP contribution in [0.4, 0.5) is 0 Å². The van der Waals surface area contributed by atoms with Crippen LogP contribution in [0.15, 0.2) is 4.52 Å². The van der Waals surface area contributed by atoms with Crippen molar-refractivity contribution in [3.63, 3.8) is 0 Å². The number of methoxy groups -OCH3 is 1. The van der Waals surface area contributed by atoms with E-state index in [-0.39, 0.29) is 11.8 Å². The van der Waals surface area contributed by atoms with Gasteiger partial charge in [-0.2, -0.15) is 4.98 Å². The van der Waals surface area contributed by atoms with Crippen molar-refractivity contribution in [3.8, 4) is 0 Å². The molecule has 0 amide bonds. The topological polar surface area (TPSA) is 88.7 Å². The van der Waals surface area contributed by atoms with Gasteiger partial charge in [0, 0.05) is 20.2 Å². The van der Waals surface area contributed by atoms with Crippen molar-refractivity contribution in [3.05, 3.63) is 11.7 Å². The number of carboxylic acid groups (broad SMARTS) is 1. The van der Waals surface area contributed by atoms with E-state index in [9.17, 15) is 9.90 Å². The van der Waals surface area contributed by atoms with Crippen LogP contribution < -0.4 is 0 Å². The van der Waals surface area contributed by atoms with Gasteiger partial charge in [0.05, 0.1) is 12.5 Å². The lowest BCUT2D eigenvalue weighted by atomic mass is 9.92. The van der Waals surface area contributed by atoms with Crippen molar-refractivity contribution in [2.24, 2.45) is 17.8 Å². The molecule has 1 N–H and O–H groups in total. The number of ether oxygens (including phenoxy) is 1. The molecule has 2 fully saturated rings. The van der Waals surface area contributed by atoms with Crippen LogP contribution >= 0.6 is 0 Å². The molecule has 1 saturated heterocycles. The zero-order valence-electron chi connectivity index (χ0n) is 11.5. The summed E-state index contributed by atoms with van der Waals surface area (Å²) in [6.45, 7) is 2.22. The van der Waals surface area contributed by atoms with E-state index in [0.29, 0.717) is 37.3 Å². The van der Waals surface area contributed by atoms with Gasteiger partial charge in [0.15, 0.2) is 5.82 Å². The van der Waals surface area contributed by atoms with Crippen molar-refractivity contribution < 1.29 is 19.2 Å². The summed E-state index contributed by atoms with van der Waals surface area (Å²) in [4.78, 5) is 17.7. The van der Waals surface area contributed by atoms with Gasteiger partial charge in [0.2, 0.25) is 5.89 Å². The summed E-state index contributed by atoms with van der Waals surface area (Å²) in [7, 11) is 1.58. The average Bonchev–Trinajstić information content (AvgIpc) is 3.02. The van der Waals surface area contributed by atoms with E-state index in [1.807, 2.05) is 0 Å². The van der Waals surface area contributed by atoms with Crippen LogP contribution in [0.25, 0.3) is 0 Å². The third-order valence-corrected chi connectivity index (χ3v) is 4.13. The predicted octanol–water partition coefficient (Wildman–Crippen LogP) is 0.759. The summed E-state index contributed by atoms with van der Waals surface area (Å²) in [6, 6.07) is 0. The van der Waals surface area contributed by atoms with Crippen molar-refractivity contribution >= 4 is 5.97 Å². The smallest absolute Gasteiger partial charge is 0.308 e. The molecular formula is C13H19N3O4. The van der Waals surface area contributed by atoms with Gasteiger partial charge in [-0.1, -0.05) is 5.16 Å². The lowest BCUT2D eigenvalue weighted by molar-refractivity contribution is -0.142. The lowest BCUT2D eigenvalue weighted by Gasteiger charge is -2.12. The van der Waals surface area contributed by atoms with Crippen LogP contribution in [0.2, 0.25) is 0 Å². The Kier molecular flexibility index (Phi) is 3.71. The number of carboxylic acids is 1. The molecule has 1 aromatic rings. The largest absolute Gasteiger partial charge is 0.481 e. The van der Waals surface area contributed by atoms with Crippen LogP contribution in [0, 0.1) is 17.8 Å². The molecule has 0 bridgehead atoms. The fourth-order valence-corrected chi connectivity index (χ4v) is 3.04. The minimum atomic E-state index is -0.685. The Balaban J connectivity index is 1.61. The maximum atomic E-state index is 11.3. The van der Waals surface area contributed by atoms with E-state index >= 15 is 0 Å². The predicted molar refractivity (Wildman–Crippen MR) is 67.6 cm³/mol. The molecule has 0 radical (unpaired) electrons. The molecule has 110 valence electrons. The Morgan fingerprint density at radius 1 is 1.50 bits per heavy atom. The van der Waals surface area contributed by atoms with Crippen LogP contribution in [-0.2, 0) is 22.7 Å². The number of aliphatic carboxylic acids is 1. The van der Waals surface area contributed by atoms with Crippen LogP contribution in [0.5, 0.6) is 0 Å². The molecule has 2 heterocycles. The number of likely N-dealkylation sites (tertiary alicyclic amines) is 1. The van der Waals surface area contributed by atoms with Gasteiger partial charge in [-0.25, -0.2) is 0 Å². The summed E-state index contributed by atoms with van der Waals surface area (Å²) < 4.78 is 10.1. The third kappa shape index (κ3) is 2.83. The molecular weight excluding hydrogens is 262 g/mol. The second-order valence-electron chi connectivity index (χ2n) is 5.68. The first-order valence-corrected chi connectivity index (χ1v) is 6.93. The van der Waals surface area contributed by atoms with Gasteiger partial charge in [0.25, 0.3) is 0 Å². The first-order valence-electron chi connectivity index (χ1n) is 6.93. The molecule has 1 aliphatic carbocycles. The van der Waals surface area contributed by atoms with E-state index in [4.69, 9.17) is 9.26 Å². The van der Waals surface area contributed by atoms with E-state index in [1.165, 1.54) is 12.8 Å². The van der Waals surface area contributed by atoms with E-state index in [2.05, 4.69) is 15.0 Å². The minimum absolute atomic E-state index is 0.260. The molecule has 0 aromatic carbocycles. The van der Waals surface area contributed by atoms with Gasteiger partial charge < -0.3 is 14.4 Å². The summed E-state index contributed by atoms with van der Waals surface area (Å²) in [5.74, 6) is 0.966. The van der Waals surface area contributed by atoms with Gasteiger partial charge >= 0.3 is 5.97 Å². The molecule has 2 atom stereocenters. The molecule has 2 aliphatic rings. The maximum Gasteiger partial charge on any atom is 0.308 e. The number of hydrogen-bond acceptors (Lipinski definition) is 6. The fraction of sp³-hybridized carbons (Fsp3) is 0.769. The fourth-order valence-electron chi connectivity index (χ4n) is 3.04. The standard InChI is InChI=1S/C13H19N3O4/c1-19-7-11-14-12(20-15-11)6-16-4-9(8-2-3-8)10(5-16)13(17)18/h8-10H,2-7H2,1H3,(H,17,18)/t9-,10+/m1/s1. The first kappa shape index (κ1) is 13.5.